The smallest absolute Gasteiger partial charge is 0.194 e. The lowest BCUT2D eigenvalue weighted by Crippen LogP contribution is -2.25. The summed E-state index contributed by atoms with van der Waals surface area (Å²) in [5, 5.41) is 0. The quantitative estimate of drug-likeness (QED) is 0.701. The van der Waals surface area contributed by atoms with Gasteiger partial charge in [0.05, 0.1) is 12.7 Å². The fourth-order valence-electron chi connectivity index (χ4n) is 1.75. The third-order valence-electron chi connectivity index (χ3n) is 2.65. The van der Waals surface area contributed by atoms with E-state index >= 15 is 0 Å². The van der Waals surface area contributed by atoms with Crippen LogP contribution in [0, 0.1) is 5.82 Å². The topological polar surface area (TPSA) is 35.5 Å². The van der Waals surface area contributed by atoms with Gasteiger partial charge < -0.3 is 9.47 Å². The molecular formula is C14H19FO3. The van der Waals surface area contributed by atoms with Gasteiger partial charge in [-0.1, -0.05) is 13.3 Å². The monoisotopic (exact) mass is 254 g/mol. The lowest BCUT2D eigenvalue weighted by molar-refractivity contribution is 0.0419. The summed E-state index contributed by atoms with van der Waals surface area (Å²) >= 11 is 0. The highest BCUT2D eigenvalue weighted by Gasteiger charge is 2.22. The van der Waals surface area contributed by atoms with E-state index in [9.17, 15) is 9.18 Å². The number of carbonyl (C=O) groups is 1. The average Bonchev–Trinajstić information content (AvgIpc) is 2.37. The Morgan fingerprint density at radius 1 is 1.39 bits per heavy atom. The Morgan fingerprint density at radius 2 is 2.11 bits per heavy atom. The normalized spacial score (nSPS) is 12.2. The highest BCUT2D eigenvalue weighted by molar-refractivity contribution is 5.99. The van der Waals surface area contributed by atoms with Crippen molar-refractivity contribution in [2.75, 3.05) is 13.7 Å². The molecule has 0 fully saturated rings. The molecule has 0 saturated heterocycles. The molecule has 0 saturated carbocycles. The van der Waals surface area contributed by atoms with Gasteiger partial charge >= 0.3 is 0 Å². The van der Waals surface area contributed by atoms with Crippen molar-refractivity contribution in [3.05, 3.63) is 29.6 Å². The molecule has 4 heteroatoms. The van der Waals surface area contributed by atoms with E-state index in [1.807, 2.05) is 13.8 Å². The molecule has 3 nitrogen and oxygen atoms in total. The van der Waals surface area contributed by atoms with Crippen LogP contribution in [0.4, 0.5) is 4.39 Å². The summed E-state index contributed by atoms with van der Waals surface area (Å²) < 4.78 is 24.0. The van der Waals surface area contributed by atoms with Crippen molar-refractivity contribution in [3.63, 3.8) is 0 Å². The van der Waals surface area contributed by atoms with E-state index in [-0.39, 0.29) is 11.3 Å². The molecule has 0 radical (unpaired) electrons. The largest absolute Gasteiger partial charge is 0.497 e. The molecule has 1 atom stereocenters. The molecule has 0 aliphatic rings. The number of ether oxygens (including phenoxy) is 2. The zero-order valence-corrected chi connectivity index (χ0v) is 11.0. The van der Waals surface area contributed by atoms with Crippen LogP contribution < -0.4 is 4.74 Å². The minimum Gasteiger partial charge on any atom is -0.497 e. The maximum absolute atomic E-state index is 13.8. The molecule has 1 aromatic rings. The van der Waals surface area contributed by atoms with Crippen LogP contribution in [0.2, 0.25) is 0 Å². The molecule has 100 valence electrons. The van der Waals surface area contributed by atoms with Gasteiger partial charge in [-0.2, -0.15) is 0 Å². The maximum atomic E-state index is 13.8. The second-order valence-electron chi connectivity index (χ2n) is 3.94. The van der Waals surface area contributed by atoms with Crippen molar-refractivity contribution in [1.29, 1.82) is 0 Å². The molecule has 0 amide bonds. The first-order chi connectivity index (χ1) is 8.63. The predicted molar refractivity (Wildman–Crippen MR) is 67.6 cm³/mol. The lowest BCUT2D eigenvalue weighted by Gasteiger charge is -2.15. The Bertz CT molecular complexity index is 398. The molecule has 1 rings (SSSR count). The molecule has 0 aliphatic carbocycles. The third kappa shape index (κ3) is 3.53. The highest BCUT2D eigenvalue weighted by atomic mass is 19.1. The van der Waals surface area contributed by atoms with Crippen LogP contribution in [0.15, 0.2) is 18.2 Å². The number of rotatable bonds is 7. The Hall–Kier alpha value is -1.42. The Balaban J connectivity index is 2.93. The third-order valence-corrected chi connectivity index (χ3v) is 2.65. The number of Topliss-reactive ketones (excluding diaryl/α,β-unsaturated/α-hetero) is 1. The zero-order valence-electron chi connectivity index (χ0n) is 11.0. The van der Waals surface area contributed by atoms with Gasteiger partial charge in [0.15, 0.2) is 5.78 Å². The summed E-state index contributed by atoms with van der Waals surface area (Å²) in [6, 6.07) is 4.23. The number of methoxy groups -OCH3 is 1. The Labute approximate surface area is 107 Å². The van der Waals surface area contributed by atoms with E-state index in [1.54, 1.807) is 6.07 Å². The second kappa shape index (κ2) is 7.11. The van der Waals surface area contributed by atoms with Gasteiger partial charge in [0, 0.05) is 12.7 Å². The maximum Gasteiger partial charge on any atom is 0.194 e. The highest BCUT2D eigenvalue weighted by Crippen LogP contribution is 2.19. The molecule has 0 spiro atoms. The van der Waals surface area contributed by atoms with Crippen LogP contribution in [0.25, 0.3) is 0 Å². The summed E-state index contributed by atoms with van der Waals surface area (Å²) in [5.74, 6) is -0.480. The molecule has 1 unspecified atom stereocenters. The average molecular weight is 254 g/mol. The summed E-state index contributed by atoms with van der Waals surface area (Å²) in [6.07, 6.45) is 0.842. The molecule has 0 N–H and O–H groups in total. The van der Waals surface area contributed by atoms with Crippen molar-refractivity contribution in [2.24, 2.45) is 0 Å². The van der Waals surface area contributed by atoms with Gasteiger partial charge in [0.25, 0.3) is 0 Å². The van der Waals surface area contributed by atoms with Gasteiger partial charge in [-0.3, -0.25) is 4.79 Å². The van der Waals surface area contributed by atoms with Gasteiger partial charge in [0.2, 0.25) is 0 Å². The Morgan fingerprint density at radius 3 is 2.61 bits per heavy atom. The molecule has 0 aliphatic heterocycles. The second-order valence-corrected chi connectivity index (χ2v) is 3.94. The minimum absolute atomic E-state index is 0.0581. The zero-order chi connectivity index (χ0) is 13.5. The van der Waals surface area contributed by atoms with E-state index in [2.05, 4.69) is 0 Å². The van der Waals surface area contributed by atoms with Crippen LogP contribution in [-0.4, -0.2) is 25.6 Å². The summed E-state index contributed by atoms with van der Waals surface area (Å²) in [4.78, 5) is 12.1. The van der Waals surface area contributed by atoms with E-state index in [1.165, 1.54) is 19.2 Å². The molecule has 0 bridgehead atoms. The standard InChI is InChI=1S/C14H19FO3/c1-4-6-13(18-5-2)14(16)11-8-7-10(17-3)9-12(11)15/h7-9,13H,4-6H2,1-3H3. The first kappa shape index (κ1) is 14.6. The summed E-state index contributed by atoms with van der Waals surface area (Å²) in [6.45, 7) is 4.22. The van der Waals surface area contributed by atoms with Crippen molar-refractivity contribution in [2.45, 2.75) is 32.8 Å². The lowest BCUT2D eigenvalue weighted by atomic mass is 10.0. The first-order valence-electron chi connectivity index (χ1n) is 6.13. The van der Waals surface area contributed by atoms with Gasteiger partial charge in [-0.25, -0.2) is 4.39 Å². The fraction of sp³-hybridized carbons (Fsp3) is 0.500. The van der Waals surface area contributed by atoms with Crippen LogP contribution in [0.3, 0.4) is 0 Å². The van der Waals surface area contributed by atoms with Crippen molar-refractivity contribution in [3.8, 4) is 5.75 Å². The number of ketones is 1. The number of hydrogen-bond donors (Lipinski definition) is 0. The SMILES string of the molecule is CCCC(OCC)C(=O)c1ccc(OC)cc1F. The van der Waals surface area contributed by atoms with Crippen molar-refractivity contribution in [1.82, 2.24) is 0 Å². The number of hydrogen-bond acceptors (Lipinski definition) is 3. The van der Waals surface area contributed by atoms with Crippen LogP contribution in [-0.2, 0) is 4.74 Å². The van der Waals surface area contributed by atoms with Crippen LogP contribution in [0.5, 0.6) is 5.75 Å². The minimum atomic E-state index is -0.569. The van der Waals surface area contributed by atoms with Crippen LogP contribution >= 0.6 is 0 Å². The van der Waals surface area contributed by atoms with E-state index in [0.29, 0.717) is 18.8 Å². The van der Waals surface area contributed by atoms with E-state index in [4.69, 9.17) is 9.47 Å². The van der Waals surface area contributed by atoms with E-state index < -0.39 is 11.9 Å². The van der Waals surface area contributed by atoms with Gasteiger partial charge in [0.1, 0.15) is 17.7 Å². The summed E-state index contributed by atoms with van der Waals surface area (Å²) in [7, 11) is 1.45. The fourth-order valence-corrected chi connectivity index (χ4v) is 1.75. The summed E-state index contributed by atoms with van der Waals surface area (Å²) in [5.41, 5.74) is 0.0581. The predicted octanol–water partition coefficient (Wildman–Crippen LogP) is 3.22. The number of carbonyl (C=O) groups excluding carboxylic acids is 1. The molecule has 1 aromatic carbocycles. The Kier molecular flexibility index (Phi) is 5.78. The molecule has 18 heavy (non-hydrogen) atoms. The molecule has 0 heterocycles. The van der Waals surface area contributed by atoms with E-state index in [0.717, 1.165) is 6.42 Å². The van der Waals surface area contributed by atoms with Crippen LogP contribution in [0.1, 0.15) is 37.0 Å². The van der Waals surface area contributed by atoms with Crippen molar-refractivity contribution < 1.29 is 18.7 Å². The number of halogens is 1. The molecular weight excluding hydrogens is 235 g/mol. The van der Waals surface area contributed by atoms with Gasteiger partial charge in [-0.15, -0.1) is 0 Å². The first-order valence-corrected chi connectivity index (χ1v) is 6.13. The number of benzene rings is 1. The van der Waals surface area contributed by atoms with Gasteiger partial charge in [-0.05, 0) is 25.5 Å². The molecule has 0 aromatic heterocycles. The van der Waals surface area contributed by atoms with Crippen molar-refractivity contribution >= 4 is 5.78 Å².